The number of benzene rings is 1. The molecule has 0 saturated carbocycles. The molecule has 1 rings (SSSR count). The maximum Gasteiger partial charge on any atom is 0.153 e. The highest BCUT2D eigenvalue weighted by atomic mass is 79.9. The minimum atomic E-state index is -0.0180. The van der Waals surface area contributed by atoms with Gasteiger partial charge in [0.25, 0.3) is 0 Å². The number of carbonyl (C=O) groups is 1. The number of phenolic OH excluding ortho intramolecular Hbond substituents is 1. The maximum atomic E-state index is 10.5. The zero-order valence-electron chi connectivity index (χ0n) is 8.66. The van der Waals surface area contributed by atoms with Crippen LogP contribution in [0, 0.1) is 0 Å². The summed E-state index contributed by atoms with van der Waals surface area (Å²) < 4.78 is 6.17. The van der Waals surface area contributed by atoms with Crippen molar-refractivity contribution in [2.75, 3.05) is 0 Å². The highest BCUT2D eigenvalue weighted by Gasteiger charge is 2.07. The Morgan fingerprint density at radius 1 is 1.53 bits per heavy atom. The lowest BCUT2D eigenvalue weighted by atomic mass is 10.1. The van der Waals surface area contributed by atoms with Crippen molar-refractivity contribution in [1.29, 1.82) is 0 Å². The van der Waals surface area contributed by atoms with Crippen LogP contribution >= 0.6 is 15.9 Å². The number of rotatable bonds is 4. The minimum absolute atomic E-state index is 0.0180. The highest BCUT2D eigenvalue weighted by molar-refractivity contribution is 9.10. The van der Waals surface area contributed by atoms with Crippen LogP contribution in [0.1, 0.15) is 29.8 Å². The topological polar surface area (TPSA) is 46.5 Å². The van der Waals surface area contributed by atoms with Crippen LogP contribution < -0.4 is 0 Å². The van der Waals surface area contributed by atoms with E-state index in [1.54, 1.807) is 6.07 Å². The van der Waals surface area contributed by atoms with Crippen LogP contribution in [-0.4, -0.2) is 17.5 Å². The van der Waals surface area contributed by atoms with E-state index < -0.39 is 0 Å². The summed E-state index contributed by atoms with van der Waals surface area (Å²) in [6.07, 6.45) is 0.748. The van der Waals surface area contributed by atoms with E-state index in [0.29, 0.717) is 12.9 Å². The quantitative estimate of drug-likeness (QED) is 0.858. The molecule has 0 amide bonds. The summed E-state index contributed by atoms with van der Waals surface area (Å²) in [5, 5.41) is 9.47. The normalized spacial score (nSPS) is 10.7. The van der Waals surface area contributed by atoms with Gasteiger partial charge >= 0.3 is 0 Å². The minimum Gasteiger partial charge on any atom is -0.507 e. The number of ether oxygens (including phenoxy) is 1. The molecule has 0 aliphatic rings. The Morgan fingerprint density at radius 3 is 2.73 bits per heavy atom. The van der Waals surface area contributed by atoms with Crippen molar-refractivity contribution in [1.82, 2.24) is 0 Å². The molecule has 0 fully saturated rings. The smallest absolute Gasteiger partial charge is 0.153 e. The largest absolute Gasteiger partial charge is 0.507 e. The Bertz CT molecular complexity index is 361. The summed E-state index contributed by atoms with van der Waals surface area (Å²) in [5.74, 6) is -0.0180. The van der Waals surface area contributed by atoms with Crippen molar-refractivity contribution in [3.8, 4) is 5.75 Å². The standard InChI is InChI=1S/C11H13BrO3/c1-7(2)15-6-9-4-11(14)8(5-13)3-10(9)12/h3-5,7,14H,6H2,1-2H3. The van der Waals surface area contributed by atoms with Crippen molar-refractivity contribution in [3.05, 3.63) is 27.7 Å². The first-order valence-electron chi connectivity index (χ1n) is 4.62. The molecular weight excluding hydrogens is 260 g/mol. The van der Waals surface area contributed by atoms with E-state index in [1.165, 1.54) is 6.07 Å². The van der Waals surface area contributed by atoms with Gasteiger partial charge in [0, 0.05) is 4.47 Å². The molecule has 0 aliphatic heterocycles. The molecule has 4 heteroatoms. The molecule has 3 nitrogen and oxygen atoms in total. The Balaban J connectivity index is 2.90. The number of hydrogen-bond donors (Lipinski definition) is 1. The van der Waals surface area contributed by atoms with Gasteiger partial charge in [0.15, 0.2) is 6.29 Å². The third kappa shape index (κ3) is 3.32. The van der Waals surface area contributed by atoms with Crippen LogP contribution in [-0.2, 0) is 11.3 Å². The van der Waals surface area contributed by atoms with Gasteiger partial charge in [-0.15, -0.1) is 0 Å². The fraction of sp³-hybridized carbons (Fsp3) is 0.364. The average molecular weight is 273 g/mol. The molecule has 1 aromatic rings. The molecule has 0 atom stereocenters. The van der Waals surface area contributed by atoms with Crippen molar-refractivity contribution in [3.63, 3.8) is 0 Å². The number of aldehydes is 1. The van der Waals surface area contributed by atoms with Gasteiger partial charge in [0.1, 0.15) is 5.75 Å². The van der Waals surface area contributed by atoms with Crippen LogP contribution in [0.3, 0.4) is 0 Å². The number of halogens is 1. The summed E-state index contributed by atoms with van der Waals surface area (Å²) in [4.78, 5) is 10.5. The predicted molar refractivity (Wildman–Crippen MR) is 61.1 cm³/mol. The Hall–Kier alpha value is -0.870. The van der Waals surface area contributed by atoms with E-state index in [4.69, 9.17) is 4.74 Å². The third-order valence-electron chi connectivity index (χ3n) is 1.89. The van der Waals surface area contributed by atoms with E-state index >= 15 is 0 Å². The van der Waals surface area contributed by atoms with Gasteiger partial charge in [0.2, 0.25) is 0 Å². The van der Waals surface area contributed by atoms with Gasteiger partial charge in [-0.1, -0.05) is 15.9 Å². The number of carbonyl (C=O) groups excluding carboxylic acids is 1. The fourth-order valence-corrected chi connectivity index (χ4v) is 1.56. The average Bonchev–Trinajstić information content (AvgIpc) is 2.18. The first-order chi connectivity index (χ1) is 7.04. The molecule has 0 saturated heterocycles. The SMILES string of the molecule is CC(C)OCc1cc(O)c(C=O)cc1Br. The van der Waals surface area contributed by atoms with Gasteiger partial charge in [-0.05, 0) is 31.5 Å². The maximum absolute atomic E-state index is 10.5. The molecule has 0 unspecified atom stereocenters. The second-order valence-corrected chi connectivity index (χ2v) is 4.33. The molecule has 0 spiro atoms. The molecule has 1 N–H and O–H groups in total. The predicted octanol–water partition coefficient (Wildman–Crippen LogP) is 2.89. The zero-order valence-corrected chi connectivity index (χ0v) is 10.2. The monoisotopic (exact) mass is 272 g/mol. The Kier molecular flexibility index (Phi) is 4.29. The molecule has 0 aliphatic carbocycles. The highest BCUT2D eigenvalue weighted by Crippen LogP contribution is 2.26. The second-order valence-electron chi connectivity index (χ2n) is 3.48. The first-order valence-corrected chi connectivity index (χ1v) is 5.42. The van der Waals surface area contributed by atoms with Gasteiger partial charge in [0.05, 0.1) is 18.3 Å². The molecule has 0 heterocycles. The van der Waals surface area contributed by atoms with Crippen LogP contribution in [0.15, 0.2) is 16.6 Å². The molecule has 82 valence electrons. The lowest BCUT2D eigenvalue weighted by Crippen LogP contribution is -2.03. The molecule has 1 aromatic carbocycles. The second kappa shape index (κ2) is 5.28. The van der Waals surface area contributed by atoms with Crippen molar-refractivity contribution >= 4 is 22.2 Å². The lowest BCUT2D eigenvalue weighted by Gasteiger charge is -2.10. The van der Waals surface area contributed by atoms with E-state index in [9.17, 15) is 9.90 Å². The van der Waals surface area contributed by atoms with Gasteiger partial charge in [-0.3, -0.25) is 4.79 Å². The number of aromatic hydroxyl groups is 1. The summed E-state index contributed by atoms with van der Waals surface area (Å²) >= 11 is 3.32. The third-order valence-corrected chi connectivity index (χ3v) is 2.63. The summed E-state index contributed by atoms with van der Waals surface area (Å²) in [6, 6.07) is 3.12. The van der Waals surface area contributed by atoms with E-state index in [0.717, 1.165) is 10.0 Å². The van der Waals surface area contributed by atoms with E-state index in [-0.39, 0.29) is 17.4 Å². The Morgan fingerprint density at radius 2 is 2.20 bits per heavy atom. The van der Waals surface area contributed by atoms with Gasteiger partial charge in [-0.2, -0.15) is 0 Å². The summed E-state index contributed by atoms with van der Waals surface area (Å²) in [6.45, 7) is 4.28. The van der Waals surface area contributed by atoms with Gasteiger partial charge in [-0.25, -0.2) is 0 Å². The molecule has 0 aromatic heterocycles. The van der Waals surface area contributed by atoms with Crippen LogP contribution in [0.25, 0.3) is 0 Å². The van der Waals surface area contributed by atoms with Crippen LogP contribution in [0.4, 0.5) is 0 Å². The molecular formula is C11H13BrO3. The molecule has 0 bridgehead atoms. The first kappa shape index (κ1) is 12.2. The van der Waals surface area contributed by atoms with Crippen molar-refractivity contribution in [2.24, 2.45) is 0 Å². The summed E-state index contributed by atoms with van der Waals surface area (Å²) in [5.41, 5.74) is 1.10. The van der Waals surface area contributed by atoms with Crippen LogP contribution in [0.5, 0.6) is 5.75 Å². The summed E-state index contributed by atoms with van der Waals surface area (Å²) in [7, 11) is 0. The molecule has 0 radical (unpaired) electrons. The number of phenols is 1. The van der Waals surface area contributed by atoms with E-state index in [2.05, 4.69) is 15.9 Å². The van der Waals surface area contributed by atoms with Crippen molar-refractivity contribution in [2.45, 2.75) is 26.6 Å². The lowest BCUT2D eigenvalue weighted by molar-refractivity contribution is 0.0652. The van der Waals surface area contributed by atoms with Gasteiger partial charge < -0.3 is 9.84 Å². The zero-order chi connectivity index (χ0) is 11.4. The van der Waals surface area contributed by atoms with Crippen LogP contribution in [0.2, 0.25) is 0 Å². The van der Waals surface area contributed by atoms with E-state index in [1.807, 2.05) is 13.8 Å². The Labute approximate surface area is 97.2 Å². The fourth-order valence-electron chi connectivity index (χ4n) is 1.08. The number of hydrogen-bond acceptors (Lipinski definition) is 3. The van der Waals surface area contributed by atoms with Crippen molar-refractivity contribution < 1.29 is 14.6 Å². The molecule has 15 heavy (non-hydrogen) atoms.